The number of carboxylic acids is 1. The van der Waals surface area contributed by atoms with E-state index in [9.17, 15) is 19.5 Å². The molecule has 1 saturated heterocycles. The van der Waals surface area contributed by atoms with Crippen molar-refractivity contribution < 1.29 is 19.4 Å². The van der Waals surface area contributed by atoms with Crippen molar-refractivity contribution in [2.45, 2.75) is 57.5 Å². The van der Waals surface area contributed by atoms with Crippen LogP contribution in [0.2, 0.25) is 0 Å². The van der Waals surface area contributed by atoms with E-state index < -0.39 is 11.9 Å². The minimum Gasteiger partial charge on any atom is -0.493 e. The van der Waals surface area contributed by atoms with Gasteiger partial charge >= 0.3 is 5.97 Å². The molecule has 3 heterocycles. The van der Waals surface area contributed by atoms with Gasteiger partial charge in [-0.1, -0.05) is 31.5 Å². The number of benzene rings is 1. The van der Waals surface area contributed by atoms with E-state index in [1.165, 1.54) is 6.07 Å². The average Bonchev–Trinajstić information content (AvgIpc) is 3.52. The van der Waals surface area contributed by atoms with Gasteiger partial charge in [0.15, 0.2) is 0 Å². The fourth-order valence-electron chi connectivity index (χ4n) is 5.81. The van der Waals surface area contributed by atoms with Crippen molar-refractivity contribution in [1.29, 1.82) is 0 Å². The highest BCUT2D eigenvalue weighted by atomic mass is 16.5. The van der Waals surface area contributed by atoms with Crippen LogP contribution in [0.15, 0.2) is 47.4 Å². The standard InChI is InChI=1S/C29H40N4O5/c1-2-3-13-31(15-6-12-30)27(35)20-33-19-23(21-8-9-25-22(18-21)11-17-38-25)28(29(36)37)24(33)10-16-32-14-5-4-7-26(32)34/h4-5,7-9,14,18,23-24,28H,2-3,6,10-13,15-17,19-20,30H2,1H3,(H,36,37)/t23-,24+,28?/m1/s1. The van der Waals surface area contributed by atoms with Gasteiger partial charge in [-0.15, -0.1) is 0 Å². The predicted molar refractivity (Wildman–Crippen MR) is 145 cm³/mol. The zero-order chi connectivity index (χ0) is 27.1. The van der Waals surface area contributed by atoms with E-state index in [0.29, 0.717) is 45.8 Å². The molecule has 1 unspecified atom stereocenters. The molecule has 3 N–H and O–H groups in total. The Labute approximate surface area is 224 Å². The first kappa shape index (κ1) is 27.9. The van der Waals surface area contributed by atoms with Crippen molar-refractivity contribution in [3.05, 3.63) is 64.1 Å². The SMILES string of the molecule is CCCCN(CCCN)C(=O)CN1C[C@H](c2ccc3c(c2)CCO3)C(C(=O)O)[C@@H]1CCn1ccccc1=O. The Morgan fingerprint density at radius 1 is 1.18 bits per heavy atom. The Bertz CT molecular complexity index is 1160. The molecule has 0 aliphatic carbocycles. The number of nitrogens with zero attached hydrogens (tertiary/aromatic N) is 3. The van der Waals surface area contributed by atoms with Gasteiger partial charge in [0.25, 0.3) is 0 Å². The first-order valence-corrected chi connectivity index (χ1v) is 13.8. The molecule has 0 spiro atoms. The van der Waals surface area contributed by atoms with Crippen LogP contribution in [0.1, 0.15) is 49.7 Å². The number of pyridine rings is 1. The molecule has 1 aromatic heterocycles. The minimum absolute atomic E-state index is 0.000852. The van der Waals surface area contributed by atoms with Crippen molar-refractivity contribution >= 4 is 11.9 Å². The zero-order valence-electron chi connectivity index (χ0n) is 22.3. The number of rotatable bonds is 13. The van der Waals surface area contributed by atoms with Crippen LogP contribution in [-0.4, -0.2) is 76.7 Å². The van der Waals surface area contributed by atoms with Gasteiger partial charge < -0.3 is 25.0 Å². The monoisotopic (exact) mass is 524 g/mol. The molecular weight excluding hydrogens is 484 g/mol. The third-order valence-corrected chi connectivity index (χ3v) is 7.84. The molecule has 9 nitrogen and oxygen atoms in total. The number of hydrogen-bond donors (Lipinski definition) is 2. The first-order valence-electron chi connectivity index (χ1n) is 13.8. The van der Waals surface area contributed by atoms with Crippen LogP contribution in [0.5, 0.6) is 5.75 Å². The summed E-state index contributed by atoms with van der Waals surface area (Å²) in [5, 5.41) is 10.4. The van der Waals surface area contributed by atoms with Crippen LogP contribution >= 0.6 is 0 Å². The van der Waals surface area contributed by atoms with Gasteiger partial charge in [-0.05, 0) is 49.1 Å². The fourth-order valence-corrected chi connectivity index (χ4v) is 5.81. The van der Waals surface area contributed by atoms with E-state index in [1.807, 2.05) is 21.9 Å². The van der Waals surface area contributed by atoms with Gasteiger partial charge in [-0.2, -0.15) is 0 Å². The van der Waals surface area contributed by atoms with Crippen LogP contribution in [0.4, 0.5) is 0 Å². The number of fused-ring (bicyclic) bond motifs is 1. The largest absolute Gasteiger partial charge is 0.493 e. The smallest absolute Gasteiger partial charge is 0.308 e. The number of aromatic nitrogens is 1. The quantitative estimate of drug-likeness (QED) is 0.413. The van der Waals surface area contributed by atoms with Crippen LogP contribution in [-0.2, 0) is 22.6 Å². The molecule has 2 aromatic rings. The van der Waals surface area contributed by atoms with Crippen molar-refractivity contribution in [1.82, 2.24) is 14.4 Å². The number of aryl methyl sites for hydroxylation is 1. The molecule has 1 aromatic carbocycles. The zero-order valence-corrected chi connectivity index (χ0v) is 22.3. The molecule has 9 heteroatoms. The molecule has 1 fully saturated rings. The summed E-state index contributed by atoms with van der Waals surface area (Å²) in [6, 6.07) is 10.6. The van der Waals surface area contributed by atoms with E-state index in [0.717, 1.165) is 42.6 Å². The number of ether oxygens (including phenoxy) is 1. The van der Waals surface area contributed by atoms with E-state index in [1.54, 1.807) is 22.9 Å². The van der Waals surface area contributed by atoms with Gasteiger partial charge in [0.1, 0.15) is 5.75 Å². The maximum Gasteiger partial charge on any atom is 0.308 e. The fraction of sp³-hybridized carbons (Fsp3) is 0.552. The summed E-state index contributed by atoms with van der Waals surface area (Å²) >= 11 is 0. The van der Waals surface area contributed by atoms with Crippen molar-refractivity contribution in [3.63, 3.8) is 0 Å². The lowest BCUT2D eigenvalue weighted by Crippen LogP contribution is -2.45. The number of carbonyl (C=O) groups excluding carboxylic acids is 1. The van der Waals surface area contributed by atoms with E-state index >= 15 is 0 Å². The summed E-state index contributed by atoms with van der Waals surface area (Å²) in [4.78, 5) is 42.4. The first-order chi connectivity index (χ1) is 18.4. The number of likely N-dealkylation sites (tertiary alicyclic amines) is 1. The lowest BCUT2D eigenvalue weighted by atomic mass is 9.83. The number of carboxylic acid groups (broad SMARTS) is 1. The normalized spacial score (nSPS) is 20.7. The van der Waals surface area contributed by atoms with E-state index in [4.69, 9.17) is 10.5 Å². The summed E-state index contributed by atoms with van der Waals surface area (Å²) in [6.45, 7) is 5.52. The van der Waals surface area contributed by atoms with Crippen LogP contribution in [0, 0.1) is 5.92 Å². The molecule has 206 valence electrons. The second kappa shape index (κ2) is 13.1. The van der Waals surface area contributed by atoms with Crippen LogP contribution in [0.3, 0.4) is 0 Å². The molecule has 2 aliphatic rings. The van der Waals surface area contributed by atoms with Crippen LogP contribution in [0.25, 0.3) is 0 Å². The van der Waals surface area contributed by atoms with Gasteiger partial charge in [0.2, 0.25) is 11.5 Å². The van der Waals surface area contributed by atoms with E-state index in [-0.39, 0.29) is 30.0 Å². The summed E-state index contributed by atoms with van der Waals surface area (Å²) in [5.74, 6) is -0.983. The lowest BCUT2D eigenvalue weighted by molar-refractivity contribution is -0.144. The summed E-state index contributed by atoms with van der Waals surface area (Å²) in [7, 11) is 0. The van der Waals surface area contributed by atoms with Gasteiger partial charge in [0.05, 0.1) is 19.1 Å². The average molecular weight is 525 g/mol. The molecule has 0 bridgehead atoms. The van der Waals surface area contributed by atoms with Crippen molar-refractivity contribution in [2.75, 3.05) is 39.3 Å². The molecular formula is C29H40N4O5. The van der Waals surface area contributed by atoms with Crippen LogP contribution < -0.4 is 16.0 Å². The second-order valence-corrected chi connectivity index (χ2v) is 10.3. The highest BCUT2D eigenvalue weighted by molar-refractivity contribution is 5.79. The number of nitrogens with two attached hydrogens (primary N) is 1. The molecule has 3 atom stereocenters. The lowest BCUT2D eigenvalue weighted by Gasteiger charge is -2.30. The number of hydrogen-bond acceptors (Lipinski definition) is 6. The Morgan fingerprint density at radius 3 is 2.74 bits per heavy atom. The molecule has 0 radical (unpaired) electrons. The number of carbonyl (C=O) groups is 2. The van der Waals surface area contributed by atoms with Gasteiger partial charge in [0, 0.05) is 56.8 Å². The van der Waals surface area contributed by atoms with Crippen molar-refractivity contribution in [2.24, 2.45) is 11.7 Å². The highest BCUT2D eigenvalue weighted by Crippen LogP contribution is 2.41. The van der Waals surface area contributed by atoms with E-state index in [2.05, 4.69) is 13.0 Å². The van der Waals surface area contributed by atoms with Gasteiger partial charge in [-0.25, -0.2) is 0 Å². The van der Waals surface area contributed by atoms with Gasteiger partial charge in [-0.3, -0.25) is 19.3 Å². The Kier molecular flexibility index (Phi) is 9.58. The molecule has 38 heavy (non-hydrogen) atoms. The number of unbranched alkanes of at least 4 members (excludes halogenated alkanes) is 1. The minimum atomic E-state index is -0.877. The number of amides is 1. The Hall–Kier alpha value is -3.17. The Morgan fingerprint density at radius 2 is 2.00 bits per heavy atom. The summed E-state index contributed by atoms with van der Waals surface area (Å²) < 4.78 is 7.26. The molecule has 0 saturated carbocycles. The number of aliphatic carboxylic acids is 1. The Balaban J connectivity index is 1.61. The topological polar surface area (TPSA) is 118 Å². The summed E-state index contributed by atoms with van der Waals surface area (Å²) in [6.07, 6.45) is 5.61. The molecule has 2 aliphatic heterocycles. The third-order valence-electron chi connectivity index (χ3n) is 7.84. The molecule has 1 amide bonds. The third kappa shape index (κ3) is 6.45. The van der Waals surface area contributed by atoms with Crippen molar-refractivity contribution in [3.8, 4) is 5.75 Å². The maximum atomic E-state index is 13.5. The second-order valence-electron chi connectivity index (χ2n) is 10.3. The maximum absolute atomic E-state index is 13.5. The predicted octanol–water partition coefficient (Wildman–Crippen LogP) is 2.32. The molecule has 4 rings (SSSR count). The highest BCUT2D eigenvalue weighted by Gasteiger charge is 2.47. The summed E-state index contributed by atoms with van der Waals surface area (Å²) in [5.41, 5.74) is 7.66.